The van der Waals surface area contributed by atoms with Crippen LogP contribution in [0.15, 0.2) is 0 Å². The zero-order valence-electron chi connectivity index (χ0n) is 3.09. The van der Waals surface area contributed by atoms with Gasteiger partial charge in [-0.2, -0.15) is 5.26 Å². The lowest BCUT2D eigenvalue weighted by Crippen LogP contribution is -2.02. The summed E-state index contributed by atoms with van der Waals surface area (Å²) in [6, 6.07) is 1.84. The second kappa shape index (κ2) is 0.934. The molecule has 1 fully saturated rings. The van der Waals surface area contributed by atoms with Crippen molar-refractivity contribution in [3.8, 4) is 6.07 Å². The molecule has 0 amide bonds. The SMILES string of the molecule is N#CC1OC1N. The van der Waals surface area contributed by atoms with Gasteiger partial charge in [0.15, 0.2) is 6.10 Å². The minimum absolute atomic E-state index is 0.296. The van der Waals surface area contributed by atoms with Gasteiger partial charge in [-0.3, -0.25) is 0 Å². The number of nitrogens with two attached hydrogens (primary N) is 1. The molecule has 6 heavy (non-hydrogen) atoms. The molecule has 1 saturated heterocycles. The first-order valence-electron chi connectivity index (χ1n) is 1.65. The van der Waals surface area contributed by atoms with E-state index in [1.54, 1.807) is 0 Å². The minimum atomic E-state index is -0.315. The summed E-state index contributed by atoms with van der Waals surface area (Å²) in [4.78, 5) is 0. The van der Waals surface area contributed by atoms with Crippen molar-refractivity contribution in [3.63, 3.8) is 0 Å². The maximum atomic E-state index is 7.92. The van der Waals surface area contributed by atoms with E-state index in [1.165, 1.54) is 0 Å². The average Bonchev–Trinajstić information content (AvgIpc) is 2.19. The Morgan fingerprint density at radius 1 is 1.83 bits per heavy atom. The Kier molecular flexibility index (Phi) is 0.560. The van der Waals surface area contributed by atoms with Crippen LogP contribution in [0.4, 0.5) is 0 Å². The van der Waals surface area contributed by atoms with E-state index in [0.29, 0.717) is 0 Å². The van der Waals surface area contributed by atoms with Crippen LogP contribution in [0.3, 0.4) is 0 Å². The predicted molar refractivity (Wildman–Crippen MR) is 18.5 cm³/mol. The maximum absolute atomic E-state index is 7.92. The molecule has 0 saturated carbocycles. The first kappa shape index (κ1) is 3.59. The molecule has 3 heteroatoms. The van der Waals surface area contributed by atoms with Crippen molar-refractivity contribution in [2.75, 3.05) is 0 Å². The normalized spacial score (nSPS) is 41.3. The van der Waals surface area contributed by atoms with Crippen LogP contribution >= 0.6 is 0 Å². The predicted octanol–water partition coefficient (Wildman–Crippen LogP) is -0.806. The van der Waals surface area contributed by atoms with Gasteiger partial charge in [0.05, 0.1) is 6.07 Å². The first-order valence-corrected chi connectivity index (χ1v) is 1.65. The van der Waals surface area contributed by atoms with Crippen LogP contribution in [0.5, 0.6) is 0 Å². The molecule has 0 aromatic heterocycles. The van der Waals surface area contributed by atoms with Crippen molar-refractivity contribution < 1.29 is 4.74 Å². The Bertz CT molecular complexity index is 95.5. The molecule has 32 valence electrons. The highest BCUT2D eigenvalue weighted by Crippen LogP contribution is 2.13. The van der Waals surface area contributed by atoms with Gasteiger partial charge in [0.1, 0.15) is 6.23 Å². The molecule has 0 aromatic rings. The van der Waals surface area contributed by atoms with Crippen LogP contribution in [-0.4, -0.2) is 12.3 Å². The molecular formula is C3H4N2O. The summed E-state index contributed by atoms with van der Waals surface area (Å²) in [6.07, 6.45) is -0.611. The van der Waals surface area contributed by atoms with E-state index < -0.39 is 0 Å². The Morgan fingerprint density at radius 2 is 2.33 bits per heavy atom. The fourth-order valence-electron chi connectivity index (χ4n) is 0.228. The van der Waals surface area contributed by atoms with Crippen molar-refractivity contribution in [2.24, 2.45) is 5.73 Å². The Labute approximate surface area is 35.3 Å². The highest BCUT2D eigenvalue weighted by atomic mass is 16.6. The lowest BCUT2D eigenvalue weighted by atomic mass is 10.5. The molecule has 2 N–H and O–H groups in total. The number of nitrogens with zero attached hydrogens (tertiary/aromatic N) is 1. The smallest absolute Gasteiger partial charge is 0.185 e. The number of epoxide rings is 1. The fraction of sp³-hybridized carbons (Fsp3) is 0.667. The van der Waals surface area contributed by atoms with Crippen molar-refractivity contribution in [1.29, 1.82) is 5.26 Å². The van der Waals surface area contributed by atoms with Crippen LogP contribution < -0.4 is 5.73 Å². The van der Waals surface area contributed by atoms with E-state index in [1.807, 2.05) is 6.07 Å². The van der Waals surface area contributed by atoms with Crippen molar-refractivity contribution in [1.82, 2.24) is 0 Å². The maximum Gasteiger partial charge on any atom is 0.185 e. The second-order valence-electron chi connectivity index (χ2n) is 1.15. The van der Waals surface area contributed by atoms with Gasteiger partial charge >= 0.3 is 0 Å². The van der Waals surface area contributed by atoms with Crippen LogP contribution in [0.2, 0.25) is 0 Å². The summed E-state index contributed by atoms with van der Waals surface area (Å²) in [5, 5.41) is 7.92. The van der Waals surface area contributed by atoms with Gasteiger partial charge in [-0.1, -0.05) is 0 Å². The molecule has 0 radical (unpaired) electrons. The number of rotatable bonds is 0. The molecule has 0 aliphatic carbocycles. The largest absolute Gasteiger partial charge is 0.337 e. The molecular weight excluding hydrogens is 80.0 g/mol. The molecule has 3 nitrogen and oxygen atoms in total. The van der Waals surface area contributed by atoms with Gasteiger partial charge < -0.3 is 10.5 Å². The van der Waals surface area contributed by atoms with Gasteiger partial charge in [0.2, 0.25) is 0 Å². The molecule has 1 aliphatic rings. The lowest BCUT2D eigenvalue weighted by Gasteiger charge is -1.58. The van der Waals surface area contributed by atoms with Crippen LogP contribution in [0.25, 0.3) is 0 Å². The standard InChI is InChI=1S/C3H4N2O/c4-1-2-3(5)6-2/h2-3H,5H2. The van der Waals surface area contributed by atoms with Crippen molar-refractivity contribution in [3.05, 3.63) is 0 Å². The van der Waals surface area contributed by atoms with Crippen LogP contribution in [0.1, 0.15) is 0 Å². The summed E-state index contributed by atoms with van der Waals surface area (Å²) in [6.45, 7) is 0. The van der Waals surface area contributed by atoms with E-state index in [2.05, 4.69) is 4.74 Å². The lowest BCUT2D eigenvalue weighted by molar-refractivity contribution is 0.396. The number of ether oxygens (including phenoxy) is 1. The van der Waals surface area contributed by atoms with Gasteiger partial charge in [-0.25, -0.2) is 0 Å². The summed E-state index contributed by atoms with van der Waals surface area (Å²) in [5.41, 5.74) is 5.03. The van der Waals surface area contributed by atoms with E-state index in [0.717, 1.165) is 0 Å². The number of hydrogen-bond acceptors (Lipinski definition) is 3. The van der Waals surface area contributed by atoms with Crippen molar-refractivity contribution in [2.45, 2.75) is 12.3 Å². The zero-order chi connectivity index (χ0) is 4.57. The van der Waals surface area contributed by atoms with Crippen molar-refractivity contribution >= 4 is 0 Å². The summed E-state index contributed by atoms with van der Waals surface area (Å²) in [7, 11) is 0. The fourth-order valence-corrected chi connectivity index (χ4v) is 0.228. The molecule has 1 aliphatic heterocycles. The van der Waals surface area contributed by atoms with Gasteiger partial charge in [0.25, 0.3) is 0 Å². The second-order valence-corrected chi connectivity index (χ2v) is 1.15. The molecule has 0 bridgehead atoms. The highest BCUT2D eigenvalue weighted by molar-refractivity contribution is 4.98. The van der Waals surface area contributed by atoms with Gasteiger partial charge in [-0.15, -0.1) is 0 Å². The number of nitriles is 1. The molecule has 1 heterocycles. The summed E-state index contributed by atoms with van der Waals surface area (Å²) < 4.78 is 4.48. The molecule has 2 unspecified atom stereocenters. The third-order valence-corrected chi connectivity index (χ3v) is 0.653. The molecule has 2 atom stereocenters. The Morgan fingerprint density at radius 3 is 2.33 bits per heavy atom. The topological polar surface area (TPSA) is 62.3 Å². The molecule has 1 rings (SSSR count). The minimum Gasteiger partial charge on any atom is -0.337 e. The quantitative estimate of drug-likeness (QED) is 0.390. The summed E-state index contributed by atoms with van der Waals surface area (Å²) in [5.74, 6) is 0. The number of hydrogen-bond donors (Lipinski definition) is 1. The monoisotopic (exact) mass is 84.0 g/mol. The van der Waals surface area contributed by atoms with Crippen LogP contribution in [0, 0.1) is 11.3 Å². The third-order valence-electron chi connectivity index (χ3n) is 0.653. The highest BCUT2D eigenvalue weighted by Gasteiger charge is 2.34. The Balaban J connectivity index is 2.31. The van der Waals surface area contributed by atoms with E-state index in [-0.39, 0.29) is 12.3 Å². The molecule has 0 spiro atoms. The van der Waals surface area contributed by atoms with Gasteiger partial charge in [-0.05, 0) is 0 Å². The summed E-state index contributed by atoms with van der Waals surface area (Å²) >= 11 is 0. The van der Waals surface area contributed by atoms with E-state index >= 15 is 0 Å². The van der Waals surface area contributed by atoms with Gasteiger partial charge in [0, 0.05) is 0 Å². The first-order chi connectivity index (χ1) is 2.84. The zero-order valence-corrected chi connectivity index (χ0v) is 3.09. The third kappa shape index (κ3) is 0.361. The molecule has 0 aromatic carbocycles. The average molecular weight is 84.1 g/mol. The van der Waals surface area contributed by atoms with E-state index in [9.17, 15) is 0 Å². The van der Waals surface area contributed by atoms with Crippen LogP contribution in [-0.2, 0) is 4.74 Å². The Hall–Kier alpha value is -0.590. The van der Waals surface area contributed by atoms with E-state index in [4.69, 9.17) is 11.0 Å².